The Hall–Kier alpha value is -2.36. The second-order valence-electron chi connectivity index (χ2n) is 5.35. The van der Waals surface area contributed by atoms with Gasteiger partial charge in [0.25, 0.3) is 0 Å². The zero-order chi connectivity index (χ0) is 16.9. The van der Waals surface area contributed by atoms with Gasteiger partial charge >= 0.3 is 0 Å². The van der Waals surface area contributed by atoms with Crippen LogP contribution in [-0.2, 0) is 5.75 Å². The molecular formula is C18H16N4S2. The molecule has 0 amide bonds. The molecule has 0 fully saturated rings. The van der Waals surface area contributed by atoms with Gasteiger partial charge < -0.3 is 5.32 Å². The lowest BCUT2D eigenvalue weighted by molar-refractivity contribution is 1.01. The summed E-state index contributed by atoms with van der Waals surface area (Å²) in [7, 11) is 0. The smallest absolute Gasteiger partial charge is 0.210 e. The van der Waals surface area contributed by atoms with Crippen LogP contribution < -0.4 is 5.32 Å². The minimum Gasteiger partial charge on any atom is -0.330 e. The molecule has 120 valence electrons. The van der Waals surface area contributed by atoms with Gasteiger partial charge in [0.2, 0.25) is 5.13 Å². The van der Waals surface area contributed by atoms with Crippen molar-refractivity contribution in [2.75, 3.05) is 5.32 Å². The molecule has 0 saturated carbocycles. The molecule has 1 heterocycles. The summed E-state index contributed by atoms with van der Waals surface area (Å²) in [5.41, 5.74) is 5.32. The normalized spacial score (nSPS) is 10.4. The maximum Gasteiger partial charge on any atom is 0.210 e. The van der Waals surface area contributed by atoms with E-state index in [1.807, 2.05) is 36.4 Å². The molecule has 6 heteroatoms. The molecule has 0 aliphatic rings. The molecule has 3 rings (SSSR count). The van der Waals surface area contributed by atoms with E-state index in [0.29, 0.717) is 5.56 Å². The number of hydrogen-bond acceptors (Lipinski definition) is 6. The minimum atomic E-state index is 0.683. The van der Waals surface area contributed by atoms with E-state index in [2.05, 4.69) is 41.5 Å². The Morgan fingerprint density at radius 3 is 2.83 bits per heavy atom. The highest BCUT2D eigenvalue weighted by atomic mass is 32.2. The van der Waals surface area contributed by atoms with E-state index < -0.39 is 0 Å². The number of aryl methyl sites for hydroxylation is 1. The summed E-state index contributed by atoms with van der Waals surface area (Å²) in [6, 6.07) is 16.0. The second-order valence-corrected chi connectivity index (χ2v) is 7.55. The quantitative estimate of drug-likeness (QED) is 0.650. The number of benzene rings is 2. The summed E-state index contributed by atoms with van der Waals surface area (Å²) >= 11 is 3.16. The lowest BCUT2D eigenvalue weighted by Gasteiger charge is -2.08. The van der Waals surface area contributed by atoms with Crippen LogP contribution in [0.1, 0.15) is 22.3 Å². The first-order chi connectivity index (χ1) is 11.7. The molecule has 24 heavy (non-hydrogen) atoms. The SMILES string of the molecule is Cc1cccc(Nc2nnc(SCc3cccc(C#N)c3)s2)c1C. The van der Waals surface area contributed by atoms with Crippen molar-refractivity contribution in [1.82, 2.24) is 10.2 Å². The molecule has 0 aliphatic heterocycles. The van der Waals surface area contributed by atoms with Crippen molar-refractivity contribution in [3.63, 3.8) is 0 Å². The van der Waals surface area contributed by atoms with Gasteiger partial charge in [-0.05, 0) is 48.7 Å². The molecule has 4 nitrogen and oxygen atoms in total. The van der Waals surface area contributed by atoms with Gasteiger partial charge in [-0.25, -0.2) is 0 Å². The zero-order valence-corrected chi connectivity index (χ0v) is 15.0. The van der Waals surface area contributed by atoms with Gasteiger partial charge in [-0.15, -0.1) is 10.2 Å². The fraction of sp³-hybridized carbons (Fsp3) is 0.167. The van der Waals surface area contributed by atoms with Crippen molar-refractivity contribution in [2.45, 2.75) is 23.9 Å². The van der Waals surface area contributed by atoms with Gasteiger partial charge in [0.05, 0.1) is 11.6 Å². The Bertz CT molecular complexity index is 896. The van der Waals surface area contributed by atoms with Crippen molar-refractivity contribution in [3.05, 3.63) is 64.7 Å². The number of hydrogen-bond donors (Lipinski definition) is 1. The Morgan fingerprint density at radius 1 is 1.17 bits per heavy atom. The third-order valence-corrected chi connectivity index (χ3v) is 5.71. The van der Waals surface area contributed by atoms with Gasteiger partial charge in [0.1, 0.15) is 0 Å². The monoisotopic (exact) mass is 352 g/mol. The molecule has 0 saturated heterocycles. The zero-order valence-electron chi connectivity index (χ0n) is 13.4. The molecular weight excluding hydrogens is 336 g/mol. The summed E-state index contributed by atoms with van der Waals surface area (Å²) in [5, 5.41) is 21.5. The fourth-order valence-electron chi connectivity index (χ4n) is 2.20. The van der Waals surface area contributed by atoms with Gasteiger partial charge in [-0.3, -0.25) is 0 Å². The second kappa shape index (κ2) is 7.47. The maximum absolute atomic E-state index is 8.95. The number of nitrogens with zero attached hydrogens (tertiary/aromatic N) is 3. The van der Waals surface area contributed by atoms with Crippen molar-refractivity contribution in [1.29, 1.82) is 5.26 Å². The first kappa shape index (κ1) is 16.5. The largest absolute Gasteiger partial charge is 0.330 e. The lowest BCUT2D eigenvalue weighted by Crippen LogP contribution is -1.94. The highest BCUT2D eigenvalue weighted by Gasteiger charge is 2.08. The number of nitriles is 1. The Kier molecular flexibility index (Phi) is 5.14. The van der Waals surface area contributed by atoms with E-state index >= 15 is 0 Å². The van der Waals surface area contributed by atoms with E-state index in [-0.39, 0.29) is 0 Å². The first-order valence-electron chi connectivity index (χ1n) is 7.44. The minimum absolute atomic E-state index is 0.683. The van der Waals surface area contributed by atoms with E-state index in [1.54, 1.807) is 11.8 Å². The molecule has 3 aromatic rings. The summed E-state index contributed by atoms with van der Waals surface area (Å²) in [6.45, 7) is 4.19. The predicted molar refractivity (Wildman–Crippen MR) is 99.8 cm³/mol. The summed E-state index contributed by atoms with van der Waals surface area (Å²) < 4.78 is 0.908. The molecule has 0 aliphatic carbocycles. The van der Waals surface area contributed by atoms with Gasteiger partial charge in [0, 0.05) is 11.4 Å². The number of nitrogens with one attached hydrogen (secondary N) is 1. The van der Waals surface area contributed by atoms with E-state index in [1.165, 1.54) is 22.5 Å². The average molecular weight is 352 g/mol. The van der Waals surface area contributed by atoms with Crippen LogP contribution >= 0.6 is 23.1 Å². The summed E-state index contributed by atoms with van der Waals surface area (Å²) in [4.78, 5) is 0. The fourth-order valence-corrected chi connectivity index (χ4v) is 3.90. The Morgan fingerprint density at radius 2 is 2.00 bits per heavy atom. The predicted octanol–water partition coefficient (Wildman–Crippen LogP) is 5.06. The van der Waals surface area contributed by atoms with Crippen molar-refractivity contribution < 1.29 is 0 Å². The number of anilines is 2. The van der Waals surface area contributed by atoms with Crippen LogP contribution in [0, 0.1) is 25.2 Å². The van der Waals surface area contributed by atoms with E-state index in [9.17, 15) is 0 Å². The van der Waals surface area contributed by atoms with Gasteiger partial charge in [0.15, 0.2) is 4.34 Å². The van der Waals surface area contributed by atoms with Crippen molar-refractivity contribution in [3.8, 4) is 6.07 Å². The van der Waals surface area contributed by atoms with Crippen LogP contribution in [0.3, 0.4) is 0 Å². The molecule has 0 spiro atoms. The molecule has 0 bridgehead atoms. The summed E-state index contributed by atoms with van der Waals surface area (Å²) in [5.74, 6) is 0.771. The van der Waals surface area contributed by atoms with Crippen molar-refractivity contribution in [2.24, 2.45) is 0 Å². The first-order valence-corrected chi connectivity index (χ1v) is 9.24. The maximum atomic E-state index is 8.95. The average Bonchev–Trinajstić information content (AvgIpc) is 3.05. The van der Waals surface area contributed by atoms with E-state index in [4.69, 9.17) is 5.26 Å². The van der Waals surface area contributed by atoms with Crippen LogP contribution in [0.25, 0.3) is 0 Å². The summed E-state index contributed by atoms with van der Waals surface area (Å²) in [6.07, 6.45) is 0. The van der Waals surface area contributed by atoms with Crippen LogP contribution in [-0.4, -0.2) is 10.2 Å². The lowest BCUT2D eigenvalue weighted by atomic mass is 10.1. The highest BCUT2D eigenvalue weighted by molar-refractivity contribution is 8.00. The molecule has 0 unspecified atom stereocenters. The Labute approximate surface area is 149 Å². The third kappa shape index (κ3) is 3.94. The van der Waals surface area contributed by atoms with Crippen LogP contribution in [0.4, 0.5) is 10.8 Å². The highest BCUT2D eigenvalue weighted by Crippen LogP contribution is 2.31. The van der Waals surface area contributed by atoms with Crippen LogP contribution in [0.2, 0.25) is 0 Å². The standard InChI is InChI=1S/C18H16N4S2/c1-12-5-3-8-16(13(12)2)20-17-21-22-18(24-17)23-11-15-7-4-6-14(9-15)10-19/h3-9H,11H2,1-2H3,(H,20,21). The van der Waals surface area contributed by atoms with Gasteiger partial charge in [-0.1, -0.05) is 47.4 Å². The van der Waals surface area contributed by atoms with Crippen molar-refractivity contribution >= 4 is 33.9 Å². The molecule has 2 aromatic carbocycles. The molecule has 1 aromatic heterocycles. The Balaban J connectivity index is 1.65. The number of rotatable bonds is 5. The number of thioether (sulfide) groups is 1. The molecule has 0 radical (unpaired) electrons. The number of aromatic nitrogens is 2. The van der Waals surface area contributed by atoms with Crippen LogP contribution in [0.15, 0.2) is 46.8 Å². The van der Waals surface area contributed by atoms with E-state index in [0.717, 1.165) is 26.5 Å². The van der Waals surface area contributed by atoms with Crippen LogP contribution in [0.5, 0.6) is 0 Å². The van der Waals surface area contributed by atoms with Gasteiger partial charge in [-0.2, -0.15) is 5.26 Å². The third-order valence-electron chi connectivity index (χ3n) is 3.67. The molecule has 0 atom stereocenters. The topological polar surface area (TPSA) is 61.6 Å². The molecule has 1 N–H and O–H groups in total.